The van der Waals surface area contributed by atoms with Crippen molar-refractivity contribution in [1.82, 2.24) is 16.0 Å². The van der Waals surface area contributed by atoms with Gasteiger partial charge >= 0.3 is 5.97 Å². The normalized spacial score (nSPS) is 11.2. The molecule has 0 aliphatic carbocycles. The van der Waals surface area contributed by atoms with Gasteiger partial charge in [0.1, 0.15) is 0 Å². The molecule has 0 saturated heterocycles. The van der Waals surface area contributed by atoms with Crippen LogP contribution in [0.2, 0.25) is 0 Å². The summed E-state index contributed by atoms with van der Waals surface area (Å²) in [6, 6.07) is 0. The second-order valence-electron chi connectivity index (χ2n) is 4.98. The van der Waals surface area contributed by atoms with Crippen LogP contribution >= 0.6 is 24.0 Å². The van der Waals surface area contributed by atoms with Crippen molar-refractivity contribution in [2.45, 2.75) is 32.7 Å². The van der Waals surface area contributed by atoms with Crippen LogP contribution in [0.15, 0.2) is 4.99 Å². The average Bonchev–Trinajstić information content (AvgIpc) is 2.30. The van der Waals surface area contributed by atoms with Gasteiger partial charge in [0.2, 0.25) is 5.91 Å². The lowest BCUT2D eigenvalue weighted by Gasteiger charge is -2.21. The summed E-state index contributed by atoms with van der Waals surface area (Å²) in [4.78, 5) is 26.4. The van der Waals surface area contributed by atoms with Crippen molar-refractivity contribution in [3.8, 4) is 0 Å². The van der Waals surface area contributed by atoms with Crippen LogP contribution in [-0.2, 0) is 14.3 Å². The van der Waals surface area contributed by atoms with E-state index in [-0.39, 0.29) is 54.4 Å². The summed E-state index contributed by atoms with van der Waals surface area (Å²) >= 11 is 0. The van der Waals surface area contributed by atoms with Crippen molar-refractivity contribution in [3.63, 3.8) is 0 Å². The van der Waals surface area contributed by atoms with Gasteiger partial charge in [-0.2, -0.15) is 0 Å². The van der Waals surface area contributed by atoms with Gasteiger partial charge in [-0.15, -0.1) is 24.0 Å². The van der Waals surface area contributed by atoms with Gasteiger partial charge in [-0.3, -0.25) is 14.6 Å². The molecule has 0 aromatic rings. The molecule has 0 unspecified atom stereocenters. The summed E-state index contributed by atoms with van der Waals surface area (Å²) < 4.78 is 4.52. The fourth-order valence-electron chi connectivity index (χ4n) is 1.23. The van der Waals surface area contributed by atoms with E-state index in [4.69, 9.17) is 0 Å². The molecule has 0 bridgehead atoms. The number of carbonyl (C=O) groups excluding carboxylic acids is 2. The molecule has 0 heterocycles. The first-order chi connectivity index (χ1) is 8.78. The van der Waals surface area contributed by atoms with Crippen molar-refractivity contribution in [2.24, 2.45) is 4.99 Å². The molecule has 0 aromatic carbocycles. The topological polar surface area (TPSA) is 91.8 Å². The minimum atomic E-state index is -0.298. The van der Waals surface area contributed by atoms with Crippen LogP contribution in [-0.4, -0.2) is 50.6 Å². The Hall–Kier alpha value is -1.06. The highest BCUT2D eigenvalue weighted by Crippen LogP contribution is 1.96. The zero-order chi connectivity index (χ0) is 14.9. The van der Waals surface area contributed by atoms with Gasteiger partial charge in [0, 0.05) is 19.1 Å². The molecule has 3 N–H and O–H groups in total. The number of amides is 1. The average molecular weight is 400 g/mol. The van der Waals surface area contributed by atoms with Crippen molar-refractivity contribution >= 4 is 41.8 Å². The summed E-state index contributed by atoms with van der Waals surface area (Å²) in [6.45, 7) is 6.25. The molecule has 1 amide bonds. The Morgan fingerprint density at radius 1 is 1.20 bits per heavy atom. The quantitative estimate of drug-likeness (QED) is 0.266. The van der Waals surface area contributed by atoms with Crippen LogP contribution in [0.3, 0.4) is 0 Å². The summed E-state index contributed by atoms with van der Waals surface area (Å²) in [6.07, 6.45) is 0.241. The summed E-state index contributed by atoms with van der Waals surface area (Å²) in [5.41, 5.74) is -0.263. The Balaban J connectivity index is 0. The van der Waals surface area contributed by atoms with E-state index < -0.39 is 0 Å². The van der Waals surface area contributed by atoms with E-state index in [1.54, 1.807) is 7.05 Å². The smallest absolute Gasteiger partial charge is 0.307 e. The Labute approximate surface area is 137 Å². The minimum absolute atomic E-state index is 0. The number of hydrogen-bond acceptors (Lipinski definition) is 4. The summed E-state index contributed by atoms with van der Waals surface area (Å²) in [5, 5.41) is 8.59. The first-order valence-corrected chi connectivity index (χ1v) is 6.11. The molecule has 8 heteroatoms. The van der Waals surface area contributed by atoms with Gasteiger partial charge in [0.15, 0.2) is 5.96 Å². The number of carbonyl (C=O) groups is 2. The molecule has 0 radical (unpaired) electrons. The highest BCUT2D eigenvalue weighted by Gasteiger charge is 2.13. The Bertz CT molecular complexity index is 340. The van der Waals surface area contributed by atoms with Crippen molar-refractivity contribution in [3.05, 3.63) is 0 Å². The van der Waals surface area contributed by atoms with Crippen molar-refractivity contribution in [1.29, 1.82) is 0 Å². The molecule has 118 valence electrons. The van der Waals surface area contributed by atoms with Gasteiger partial charge < -0.3 is 20.7 Å². The molecule has 0 aliphatic rings. The zero-order valence-corrected chi connectivity index (χ0v) is 15.0. The van der Waals surface area contributed by atoms with Gasteiger partial charge in [-0.25, -0.2) is 0 Å². The second kappa shape index (κ2) is 10.7. The lowest BCUT2D eigenvalue weighted by Crippen LogP contribution is -2.48. The summed E-state index contributed by atoms with van der Waals surface area (Å²) in [5.74, 6) is 0.0461. The number of esters is 1. The first kappa shape index (κ1) is 21.2. The van der Waals surface area contributed by atoms with Crippen molar-refractivity contribution in [2.75, 3.05) is 27.2 Å². The number of hydrogen-bond donors (Lipinski definition) is 3. The van der Waals surface area contributed by atoms with Gasteiger partial charge in [-0.05, 0) is 20.8 Å². The van der Waals surface area contributed by atoms with E-state index in [1.165, 1.54) is 7.11 Å². The van der Waals surface area contributed by atoms with E-state index in [1.807, 2.05) is 20.8 Å². The Morgan fingerprint density at radius 3 is 2.25 bits per heavy atom. The number of nitrogens with zero attached hydrogens (tertiary/aromatic N) is 1. The van der Waals surface area contributed by atoms with Gasteiger partial charge in [-0.1, -0.05) is 0 Å². The maximum absolute atomic E-state index is 11.6. The molecule has 0 aromatic heterocycles. The largest absolute Gasteiger partial charge is 0.469 e. The fourth-order valence-corrected chi connectivity index (χ4v) is 1.23. The molecule has 7 nitrogen and oxygen atoms in total. The lowest BCUT2D eigenvalue weighted by atomic mass is 10.1. The predicted octanol–water partition coefficient (Wildman–Crippen LogP) is 0.247. The van der Waals surface area contributed by atoms with E-state index in [0.29, 0.717) is 12.5 Å². The maximum atomic E-state index is 11.6. The monoisotopic (exact) mass is 400 g/mol. The lowest BCUT2D eigenvalue weighted by molar-refractivity contribution is -0.140. The Morgan fingerprint density at radius 2 is 1.80 bits per heavy atom. The first-order valence-electron chi connectivity index (χ1n) is 6.11. The van der Waals surface area contributed by atoms with E-state index in [9.17, 15) is 9.59 Å². The third-order valence-electron chi connectivity index (χ3n) is 2.00. The molecule has 0 saturated carbocycles. The van der Waals surface area contributed by atoms with Crippen LogP contribution < -0.4 is 16.0 Å². The number of halogens is 1. The minimum Gasteiger partial charge on any atom is -0.469 e. The number of rotatable bonds is 5. The molecule has 0 rings (SSSR count). The van der Waals surface area contributed by atoms with Crippen LogP contribution in [0, 0.1) is 0 Å². The fraction of sp³-hybridized carbons (Fsp3) is 0.750. The van der Waals surface area contributed by atoms with E-state index in [2.05, 4.69) is 25.7 Å². The van der Waals surface area contributed by atoms with Crippen molar-refractivity contribution < 1.29 is 14.3 Å². The molecule has 20 heavy (non-hydrogen) atoms. The molecule has 0 spiro atoms. The summed E-state index contributed by atoms with van der Waals surface area (Å²) in [7, 11) is 2.93. The van der Waals surface area contributed by atoms with Crippen LogP contribution in [0.1, 0.15) is 27.2 Å². The van der Waals surface area contributed by atoms with Gasteiger partial charge in [0.05, 0.1) is 20.1 Å². The van der Waals surface area contributed by atoms with Gasteiger partial charge in [0.25, 0.3) is 0 Å². The number of methoxy groups -OCH3 is 1. The molecule has 0 atom stereocenters. The number of aliphatic imine (C=N–C) groups is 1. The SMILES string of the molecule is CN=C(NCCC(=O)OC)NCC(=O)NC(C)(C)C.I. The highest BCUT2D eigenvalue weighted by atomic mass is 127. The van der Waals surface area contributed by atoms with Crippen LogP contribution in [0.5, 0.6) is 0 Å². The predicted molar refractivity (Wildman–Crippen MR) is 89.3 cm³/mol. The third kappa shape index (κ3) is 12.0. The van der Waals surface area contributed by atoms with Crippen LogP contribution in [0.4, 0.5) is 0 Å². The standard InChI is InChI=1S/C12H24N4O3.HI/c1-12(2,3)16-9(17)8-15-11(13-4)14-7-6-10(18)19-5;/h6-8H2,1-5H3,(H,16,17)(H2,13,14,15);1H. The molecule has 0 aliphatic heterocycles. The molecular weight excluding hydrogens is 375 g/mol. The highest BCUT2D eigenvalue weighted by molar-refractivity contribution is 14.0. The second-order valence-corrected chi connectivity index (χ2v) is 4.98. The zero-order valence-electron chi connectivity index (χ0n) is 12.7. The number of nitrogens with one attached hydrogen (secondary N) is 3. The van der Waals surface area contributed by atoms with E-state index >= 15 is 0 Å². The third-order valence-corrected chi connectivity index (χ3v) is 2.00. The number of ether oxygens (including phenoxy) is 1. The van der Waals surface area contributed by atoms with Crippen LogP contribution in [0.25, 0.3) is 0 Å². The number of guanidine groups is 1. The maximum Gasteiger partial charge on any atom is 0.307 e. The van der Waals surface area contributed by atoms with E-state index in [0.717, 1.165) is 0 Å². The molecular formula is C12H25IN4O3. The Kier molecular flexibility index (Phi) is 11.4. The molecule has 0 fully saturated rings.